The van der Waals surface area contributed by atoms with Crippen molar-refractivity contribution in [1.82, 2.24) is 0 Å². The SMILES string of the molecule is O=C(O)C(O)(Cc1cccc[n+]1CC=S)P(=O)(O)O.[Cl-]. The van der Waals surface area contributed by atoms with Crippen LogP contribution in [0.15, 0.2) is 24.4 Å². The van der Waals surface area contributed by atoms with Crippen molar-refractivity contribution in [2.45, 2.75) is 18.3 Å². The Bertz CT molecular complexity index is 550. The number of aliphatic hydroxyl groups is 1. The molecule has 7 nitrogen and oxygen atoms in total. The fourth-order valence-corrected chi connectivity index (χ4v) is 2.26. The second-order valence-electron chi connectivity index (χ2n) is 3.85. The van der Waals surface area contributed by atoms with E-state index in [0.717, 1.165) is 0 Å². The summed E-state index contributed by atoms with van der Waals surface area (Å²) in [4.78, 5) is 29.0. The van der Waals surface area contributed by atoms with Crippen molar-refractivity contribution in [2.75, 3.05) is 0 Å². The number of carboxylic acids is 1. The van der Waals surface area contributed by atoms with Gasteiger partial charge in [-0.2, -0.15) is 4.57 Å². The molecule has 0 fully saturated rings. The molecule has 0 aromatic carbocycles. The molecule has 0 radical (unpaired) electrons. The molecule has 1 unspecified atom stereocenters. The van der Waals surface area contributed by atoms with Crippen molar-refractivity contribution < 1.29 is 46.3 Å². The summed E-state index contributed by atoms with van der Waals surface area (Å²) < 4.78 is 12.7. The van der Waals surface area contributed by atoms with E-state index in [2.05, 4.69) is 12.2 Å². The summed E-state index contributed by atoms with van der Waals surface area (Å²) in [5.41, 5.74) is 0.247. The molecule has 4 N–H and O–H groups in total. The topological polar surface area (TPSA) is 119 Å². The molecule has 0 bridgehead atoms. The molecule has 1 heterocycles. The number of carboxylic acid groups (broad SMARTS) is 1. The van der Waals surface area contributed by atoms with Gasteiger partial charge in [-0.05, 0) is 0 Å². The zero-order chi connectivity index (χ0) is 14.7. The van der Waals surface area contributed by atoms with Crippen LogP contribution in [-0.4, -0.2) is 36.7 Å². The van der Waals surface area contributed by atoms with Crippen molar-refractivity contribution in [2.24, 2.45) is 0 Å². The van der Waals surface area contributed by atoms with E-state index in [1.54, 1.807) is 18.3 Å². The largest absolute Gasteiger partial charge is 1.00 e. The fraction of sp³-hybridized carbons (Fsp3) is 0.300. The number of pyridine rings is 1. The van der Waals surface area contributed by atoms with Crippen LogP contribution in [0.4, 0.5) is 0 Å². The van der Waals surface area contributed by atoms with Gasteiger partial charge in [-0.25, -0.2) is 4.79 Å². The van der Waals surface area contributed by atoms with E-state index in [0.29, 0.717) is 0 Å². The highest BCUT2D eigenvalue weighted by Gasteiger charge is 2.54. The first kappa shape index (κ1) is 19.1. The lowest BCUT2D eigenvalue weighted by Crippen LogP contribution is -3.00. The van der Waals surface area contributed by atoms with Crippen molar-refractivity contribution in [3.8, 4) is 0 Å². The molecule has 0 saturated carbocycles. The average Bonchev–Trinajstić information content (AvgIpc) is 2.30. The summed E-state index contributed by atoms with van der Waals surface area (Å²) in [6.45, 7) is 0.252. The highest BCUT2D eigenvalue weighted by Crippen LogP contribution is 2.50. The number of rotatable bonds is 6. The normalized spacial score (nSPS) is 13.9. The summed E-state index contributed by atoms with van der Waals surface area (Å²) in [6, 6.07) is 4.68. The number of hydrogen-bond donors (Lipinski definition) is 4. The lowest BCUT2D eigenvalue weighted by molar-refractivity contribution is -0.688. The molecule has 10 heteroatoms. The van der Waals surface area contributed by atoms with Crippen LogP contribution in [0.2, 0.25) is 0 Å². The summed E-state index contributed by atoms with van der Waals surface area (Å²) >= 11 is 4.68. The first-order valence-corrected chi connectivity index (χ1v) is 7.23. The number of nitrogens with zero attached hydrogens (tertiary/aromatic N) is 1. The molecule has 0 amide bonds. The van der Waals surface area contributed by atoms with Gasteiger partial charge in [-0.3, -0.25) is 4.57 Å². The summed E-state index contributed by atoms with van der Waals surface area (Å²) in [5.74, 6) is -1.97. The average molecular weight is 342 g/mol. The first-order valence-electron chi connectivity index (χ1n) is 5.15. The van der Waals surface area contributed by atoms with Gasteiger partial charge in [0.05, 0.1) is 6.42 Å². The predicted octanol–water partition coefficient (Wildman–Crippen LogP) is -3.53. The minimum Gasteiger partial charge on any atom is -1.00 e. The number of carbonyl (C=O) groups is 1. The van der Waals surface area contributed by atoms with Gasteiger partial charge >= 0.3 is 13.6 Å². The molecular formula is C10H13ClNO6PS. The van der Waals surface area contributed by atoms with Crippen LogP contribution >= 0.6 is 19.8 Å². The van der Waals surface area contributed by atoms with E-state index < -0.39 is 25.3 Å². The van der Waals surface area contributed by atoms with Crippen LogP contribution in [-0.2, 0) is 22.3 Å². The molecule has 0 aliphatic heterocycles. The van der Waals surface area contributed by atoms with Gasteiger partial charge in [0.2, 0.25) is 0 Å². The van der Waals surface area contributed by atoms with E-state index in [1.165, 1.54) is 16.0 Å². The van der Waals surface area contributed by atoms with Crippen molar-refractivity contribution in [3.63, 3.8) is 0 Å². The Kier molecular flexibility index (Phi) is 6.89. The van der Waals surface area contributed by atoms with Crippen LogP contribution in [0.1, 0.15) is 5.69 Å². The molecule has 0 saturated heterocycles. The summed E-state index contributed by atoms with van der Waals surface area (Å²) in [6.07, 6.45) is 0.844. The van der Waals surface area contributed by atoms with E-state index >= 15 is 0 Å². The van der Waals surface area contributed by atoms with Crippen LogP contribution in [0.5, 0.6) is 0 Å². The Hall–Kier alpha value is -0.890. The minimum atomic E-state index is -5.24. The van der Waals surface area contributed by atoms with Gasteiger partial charge in [0.1, 0.15) is 0 Å². The van der Waals surface area contributed by atoms with E-state index in [-0.39, 0.29) is 24.6 Å². The minimum absolute atomic E-state index is 0. The van der Waals surface area contributed by atoms with Gasteiger partial charge in [0, 0.05) is 17.5 Å². The molecule has 20 heavy (non-hydrogen) atoms. The molecular weight excluding hydrogens is 329 g/mol. The zero-order valence-corrected chi connectivity index (χ0v) is 12.6. The maximum absolute atomic E-state index is 11.2. The van der Waals surface area contributed by atoms with Gasteiger partial charge < -0.3 is 32.4 Å². The standard InChI is InChI=1S/C10H12NO6PS.ClH/c12-9(13)10(14,18(15,16)17)7-8-3-1-2-4-11(8)5-6-19;/h1-4,6,14H,5,7H2,(H2-,12,13,15,16,17);1H. The van der Waals surface area contributed by atoms with Crippen LogP contribution in [0.3, 0.4) is 0 Å². The lowest BCUT2D eigenvalue weighted by atomic mass is 10.1. The smallest absolute Gasteiger partial charge is 0.369 e. The fourth-order valence-electron chi connectivity index (χ4n) is 1.49. The molecule has 1 rings (SSSR count). The maximum Gasteiger partial charge on any atom is 0.369 e. The third-order valence-electron chi connectivity index (χ3n) is 2.56. The van der Waals surface area contributed by atoms with Gasteiger partial charge in [-0.15, -0.1) is 0 Å². The Labute approximate surface area is 126 Å². The Morgan fingerprint density at radius 1 is 1.45 bits per heavy atom. The quantitative estimate of drug-likeness (QED) is 0.240. The molecule has 1 aromatic rings. The molecule has 1 atom stereocenters. The second-order valence-corrected chi connectivity index (χ2v) is 6.01. The molecule has 1 aromatic heterocycles. The van der Waals surface area contributed by atoms with E-state index in [9.17, 15) is 14.5 Å². The Balaban J connectivity index is 0.00000361. The number of aliphatic carboxylic acids is 1. The highest BCUT2D eigenvalue weighted by atomic mass is 35.5. The summed E-state index contributed by atoms with van der Waals surface area (Å²) in [7, 11) is -5.24. The first-order chi connectivity index (χ1) is 8.72. The molecule has 0 spiro atoms. The maximum atomic E-state index is 11.2. The molecule has 0 aliphatic carbocycles. The van der Waals surface area contributed by atoms with E-state index in [1.807, 2.05) is 0 Å². The number of aromatic nitrogens is 1. The Morgan fingerprint density at radius 2 is 2.05 bits per heavy atom. The van der Waals surface area contributed by atoms with Crippen LogP contribution < -0.4 is 17.0 Å². The van der Waals surface area contributed by atoms with Crippen LogP contribution in [0, 0.1) is 0 Å². The third kappa shape index (κ3) is 4.05. The zero-order valence-electron chi connectivity index (χ0n) is 10.1. The number of hydrogen-bond acceptors (Lipinski definition) is 4. The van der Waals surface area contributed by atoms with Gasteiger partial charge in [0.25, 0.3) is 5.34 Å². The highest BCUT2D eigenvalue weighted by molar-refractivity contribution is 7.78. The monoisotopic (exact) mass is 341 g/mol. The van der Waals surface area contributed by atoms with Gasteiger partial charge in [0.15, 0.2) is 18.4 Å². The van der Waals surface area contributed by atoms with Crippen LogP contribution in [0.25, 0.3) is 0 Å². The van der Waals surface area contributed by atoms with Crippen molar-refractivity contribution >= 4 is 31.2 Å². The summed E-state index contributed by atoms with van der Waals surface area (Å²) in [5, 5.41) is 16.8. The second kappa shape index (κ2) is 7.21. The molecule has 112 valence electrons. The van der Waals surface area contributed by atoms with Crippen molar-refractivity contribution in [3.05, 3.63) is 30.1 Å². The predicted molar refractivity (Wildman–Crippen MR) is 68.6 cm³/mol. The third-order valence-corrected chi connectivity index (χ3v) is 4.02. The Morgan fingerprint density at radius 3 is 2.50 bits per heavy atom. The van der Waals surface area contributed by atoms with E-state index in [4.69, 9.17) is 14.9 Å². The number of halogens is 1. The lowest BCUT2D eigenvalue weighted by Gasteiger charge is -2.22. The molecule has 0 aliphatic rings. The van der Waals surface area contributed by atoms with Crippen molar-refractivity contribution in [1.29, 1.82) is 0 Å². The number of thiocarbonyl (C=S) groups is 1. The van der Waals surface area contributed by atoms with Gasteiger partial charge in [-0.1, -0.05) is 18.3 Å².